The molecule has 1 aromatic carbocycles. The van der Waals surface area contributed by atoms with Gasteiger partial charge in [-0.15, -0.1) is 12.4 Å². The molecule has 0 saturated carbocycles. The first kappa shape index (κ1) is 15.1. The molecule has 1 aliphatic heterocycles. The second-order valence-corrected chi connectivity index (χ2v) is 5.67. The Balaban J connectivity index is 0.00000147. The molecule has 3 nitrogen and oxygen atoms in total. The Bertz CT molecular complexity index is 585. The average Bonchev–Trinajstić information content (AvgIpc) is 2.42. The molecule has 20 heavy (non-hydrogen) atoms. The van der Waals surface area contributed by atoms with Crippen molar-refractivity contribution in [2.24, 2.45) is 5.92 Å². The Morgan fingerprint density at radius 1 is 1.25 bits per heavy atom. The first-order valence-electron chi connectivity index (χ1n) is 7.05. The van der Waals surface area contributed by atoms with E-state index >= 15 is 0 Å². The molecular weight excluding hydrogens is 270 g/mol. The highest BCUT2D eigenvalue weighted by molar-refractivity contribution is 5.93. The summed E-state index contributed by atoms with van der Waals surface area (Å²) in [7, 11) is 0. The fourth-order valence-electron chi connectivity index (χ4n) is 2.93. The molecule has 108 valence electrons. The highest BCUT2D eigenvalue weighted by Gasteiger charge is 2.18. The largest absolute Gasteiger partial charge is 0.380 e. The van der Waals surface area contributed by atoms with E-state index in [1.165, 1.54) is 23.1 Å². The van der Waals surface area contributed by atoms with Crippen molar-refractivity contribution in [3.63, 3.8) is 0 Å². The van der Waals surface area contributed by atoms with Crippen LogP contribution >= 0.6 is 12.4 Å². The second kappa shape index (κ2) is 6.42. The third kappa shape index (κ3) is 3.05. The SMILES string of the molecule is Cc1ccc(N[C@H]2CNC[C@@H](C)C2)c2cccnc12.Cl. The molecule has 2 N–H and O–H groups in total. The van der Waals surface area contributed by atoms with Crippen LogP contribution in [0.4, 0.5) is 5.69 Å². The van der Waals surface area contributed by atoms with Crippen LogP contribution in [0.3, 0.4) is 0 Å². The van der Waals surface area contributed by atoms with Crippen molar-refractivity contribution in [1.29, 1.82) is 0 Å². The summed E-state index contributed by atoms with van der Waals surface area (Å²) in [4.78, 5) is 4.49. The topological polar surface area (TPSA) is 37.0 Å². The van der Waals surface area contributed by atoms with Crippen LogP contribution in [0.15, 0.2) is 30.5 Å². The predicted molar refractivity (Wildman–Crippen MR) is 87.8 cm³/mol. The summed E-state index contributed by atoms with van der Waals surface area (Å²) in [6, 6.07) is 9.00. The average molecular weight is 292 g/mol. The lowest BCUT2D eigenvalue weighted by molar-refractivity contribution is 0.378. The molecule has 1 fully saturated rings. The van der Waals surface area contributed by atoms with Gasteiger partial charge in [0.1, 0.15) is 0 Å². The smallest absolute Gasteiger partial charge is 0.0751 e. The third-order valence-corrected chi connectivity index (χ3v) is 3.90. The van der Waals surface area contributed by atoms with Crippen molar-refractivity contribution in [3.05, 3.63) is 36.0 Å². The van der Waals surface area contributed by atoms with Gasteiger partial charge in [0, 0.05) is 29.9 Å². The monoisotopic (exact) mass is 291 g/mol. The van der Waals surface area contributed by atoms with Crippen LogP contribution in [0.25, 0.3) is 10.9 Å². The van der Waals surface area contributed by atoms with E-state index in [1.807, 2.05) is 12.3 Å². The molecule has 2 aromatic rings. The third-order valence-electron chi connectivity index (χ3n) is 3.90. The number of aromatic nitrogens is 1. The van der Waals surface area contributed by atoms with Gasteiger partial charge in [0.25, 0.3) is 0 Å². The maximum Gasteiger partial charge on any atom is 0.0751 e. The lowest BCUT2D eigenvalue weighted by Gasteiger charge is -2.29. The number of nitrogens with one attached hydrogen (secondary N) is 2. The molecule has 1 aromatic heterocycles. The fraction of sp³-hybridized carbons (Fsp3) is 0.438. The van der Waals surface area contributed by atoms with Crippen molar-refractivity contribution >= 4 is 29.0 Å². The summed E-state index contributed by atoms with van der Waals surface area (Å²) in [5.74, 6) is 0.737. The molecule has 2 atom stereocenters. The van der Waals surface area contributed by atoms with E-state index in [-0.39, 0.29) is 12.4 Å². The number of hydrogen-bond acceptors (Lipinski definition) is 3. The van der Waals surface area contributed by atoms with Crippen LogP contribution in [0, 0.1) is 12.8 Å². The molecule has 0 spiro atoms. The maximum atomic E-state index is 4.49. The maximum absolute atomic E-state index is 4.49. The van der Waals surface area contributed by atoms with Crippen molar-refractivity contribution in [1.82, 2.24) is 10.3 Å². The first-order chi connectivity index (χ1) is 9.24. The summed E-state index contributed by atoms with van der Waals surface area (Å²) >= 11 is 0. The lowest BCUT2D eigenvalue weighted by Crippen LogP contribution is -2.42. The van der Waals surface area contributed by atoms with E-state index in [0.29, 0.717) is 6.04 Å². The number of aryl methyl sites for hydroxylation is 1. The van der Waals surface area contributed by atoms with Gasteiger partial charge < -0.3 is 10.6 Å². The van der Waals surface area contributed by atoms with Gasteiger partial charge in [-0.25, -0.2) is 0 Å². The molecule has 3 rings (SSSR count). The minimum atomic E-state index is 0. The van der Waals surface area contributed by atoms with Gasteiger partial charge in [0.05, 0.1) is 5.52 Å². The van der Waals surface area contributed by atoms with Gasteiger partial charge in [-0.3, -0.25) is 4.98 Å². The highest BCUT2D eigenvalue weighted by atomic mass is 35.5. The van der Waals surface area contributed by atoms with Gasteiger partial charge in [-0.2, -0.15) is 0 Å². The normalized spacial score (nSPS) is 22.3. The molecule has 0 radical (unpaired) electrons. The van der Waals surface area contributed by atoms with Crippen LogP contribution in [-0.4, -0.2) is 24.1 Å². The molecular formula is C16H22ClN3. The van der Waals surface area contributed by atoms with Gasteiger partial charge >= 0.3 is 0 Å². The van der Waals surface area contributed by atoms with Crippen LogP contribution in [0.2, 0.25) is 0 Å². The Labute approximate surface area is 126 Å². The molecule has 1 saturated heterocycles. The Hall–Kier alpha value is -1.32. The number of halogens is 1. The number of benzene rings is 1. The van der Waals surface area contributed by atoms with Crippen LogP contribution in [0.5, 0.6) is 0 Å². The minimum Gasteiger partial charge on any atom is -0.380 e. The number of pyridine rings is 1. The number of anilines is 1. The van der Waals surface area contributed by atoms with Gasteiger partial charge in [-0.05, 0) is 49.6 Å². The summed E-state index contributed by atoms with van der Waals surface area (Å²) in [6.07, 6.45) is 3.09. The summed E-state index contributed by atoms with van der Waals surface area (Å²) < 4.78 is 0. The number of fused-ring (bicyclic) bond motifs is 1. The number of rotatable bonds is 2. The van der Waals surface area contributed by atoms with E-state index in [4.69, 9.17) is 0 Å². The van der Waals surface area contributed by atoms with E-state index in [2.05, 4.69) is 47.7 Å². The van der Waals surface area contributed by atoms with Crippen LogP contribution in [-0.2, 0) is 0 Å². The summed E-state index contributed by atoms with van der Waals surface area (Å²) in [5, 5.41) is 8.39. The Morgan fingerprint density at radius 2 is 2.10 bits per heavy atom. The molecule has 4 heteroatoms. The van der Waals surface area contributed by atoms with Gasteiger partial charge in [0.15, 0.2) is 0 Å². The molecule has 0 aliphatic carbocycles. The van der Waals surface area contributed by atoms with E-state index < -0.39 is 0 Å². The van der Waals surface area contributed by atoms with Crippen molar-refractivity contribution in [2.75, 3.05) is 18.4 Å². The summed E-state index contributed by atoms with van der Waals surface area (Å²) in [6.45, 7) is 6.59. The first-order valence-corrected chi connectivity index (χ1v) is 7.05. The predicted octanol–water partition coefficient (Wildman–Crippen LogP) is 3.37. The van der Waals surface area contributed by atoms with E-state index in [9.17, 15) is 0 Å². The molecule has 0 bridgehead atoms. The summed E-state index contributed by atoms with van der Waals surface area (Å²) in [5.41, 5.74) is 3.54. The fourth-order valence-corrected chi connectivity index (χ4v) is 2.93. The van der Waals surface area contributed by atoms with Crippen LogP contribution in [0.1, 0.15) is 18.9 Å². The second-order valence-electron chi connectivity index (χ2n) is 5.67. The van der Waals surface area contributed by atoms with Crippen molar-refractivity contribution in [2.45, 2.75) is 26.3 Å². The zero-order valence-corrected chi connectivity index (χ0v) is 12.8. The van der Waals surface area contributed by atoms with E-state index in [1.54, 1.807) is 0 Å². The minimum absolute atomic E-state index is 0. The van der Waals surface area contributed by atoms with Crippen LogP contribution < -0.4 is 10.6 Å². The van der Waals surface area contributed by atoms with Gasteiger partial charge in [0.2, 0.25) is 0 Å². The quantitative estimate of drug-likeness (QED) is 0.891. The molecule has 1 aliphatic rings. The zero-order valence-electron chi connectivity index (χ0n) is 12.0. The molecule has 0 unspecified atom stereocenters. The molecule has 2 heterocycles. The van der Waals surface area contributed by atoms with Crippen molar-refractivity contribution in [3.8, 4) is 0 Å². The Morgan fingerprint density at radius 3 is 2.90 bits per heavy atom. The lowest BCUT2D eigenvalue weighted by atomic mass is 9.97. The molecule has 0 amide bonds. The number of nitrogens with zero attached hydrogens (tertiary/aromatic N) is 1. The van der Waals surface area contributed by atoms with Gasteiger partial charge in [-0.1, -0.05) is 13.0 Å². The van der Waals surface area contributed by atoms with E-state index in [0.717, 1.165) is 24.5 Å². The Kier molecular flexibility index (Phi) is 4.84. The number of piperidine rings is 1. The standard InChI is InChI=1S/C16H21N3.ClH/c1-11-8-13(10-17-9-11)19-15-6-5-12(2)16-14(15)4-3-7-18-16;/h3-7,11,13,17,19H,8-10H2,1-2H3;1H/t11-,13+;/m0./s1. The highest BCUT2D eigenvalue weighted by Crippen LogP contribution is 2.26. The zero-order chi connectivity index (χ0) is 13.2. The van der Waals surface area contributed by atoms with Crippen molar-refractivity contribution < 1.29 is 0 Å². The number of hydrogen-bond donors (Lipinski definition) is 2.